The van der Waals surface area contributed by atoms with E-state index in [0.717, 1.165) is 18.6 Å². The summed E-state index contributed by atoms with van der Waals surface area (Å²) in [6, 6.07) is 1.71. The molecule has 0 aromatic carbocycles. The van der Waals surface area contributed by atoms with E-state index in [1.165, 1.54) is 51.6 Å². The maximum atomic E-state index is 3.39. The van der Waals surface area contributed by atoms with Crippen LogP contribution in [0.4, 0.5) is 0 Å². The maximum Gasteiger partial charge on any atom is 0.00960 e. The summed E-state index contributed by atoms with van der Waals surface area (Å²) < 4.78 is 0. The monoisotopic (exact) mass is 226 g/mol. The topological polar surface area (TPSA) is 15.3 Å². The molecule has 1 saturated heterocycles. The highest BCUT2D eigenvalue weighted by molar-refractivity contribution is 4.83. The highest BCUT2D eigenvalue weighted by atomic mass is 15.2. The molecule has 0 radical (unpaired) electrons. The van der Waals surface area contributed by atoms with Crippen molar-refractivity contribution in [1.82, 2.24) is 10.2 Å². The first-order chi connectivity index (χ1) is 7.79. The van der Waals surface area contributed by atoms with E-state index in [1.54, 1.807) is 0 Å². The quantitative estimate of drug-likeness (QED) is 0.640. The number of nitrogens with one attached hydrogen (secondary N) is 1. The molecule has 1 heterocycles. The molecule has 2 nitrogen and oxygen atoms in total. The fraction of sp³-hybridized carbons (Fsp3) is 1.00. The molecule has 96 valence electrons. The Morgan fingerprint density at radius 3 is 2.62 bits per heavy atom. The van der Waals surface area contributed by atoms with Crippen LogP contribution in [0, 0.1) is 0 Å². The van der Waals surface area contributed by atoms with Crippen LogP contribution in [-0.4, -0.2) is 36.6 Å². The Kier molecular flexibility index (Phi) is 7.06. The van der Waals surface area contributed by atoms with Gasteiger partial charge in [0.25, 0.3) is 0 Å². The zero-order valence-corrected chi connectivity index (χ0v) is 11.5. The van der Waals surface area contributed by atoms with Crippen LogP contribution in [0.1, 0.15) is 59.3 Å². The molecule has 1 rings (SSSR count). The Morgan fingerprint density at radius 1 is 1.12 bits per heavy atom. The Hall–Kier alpha value is -0.0800. The summed E-state index contributed by atoms with van der Waals surface area (Å²) in [4.78, 5) is 2.74. The molecular formula is C14H30N2. The molecule has 2 heteroatoms. The fourth-order valence-electron chi connectivity index (χ4n) is 2.86. The lowest BCUT2D eigenvalue weighted by atomic mass is 10.1. The molecule has 2 atom stereocenters. The number of hydrogen-bond donors (Lipinski definition) is 1. The summed E-state index contributed by atoms with van der Waals surface area (Å²) in [7, 11) is 0. The fourth-order valence-corrected chi connectivity index (χ4v) is 2.86. The van der Waals surface area contributed by atoms with E-state index < -0.39 is 0 Å². The van der Waals surface area contributed by atoms with E-state index >= 15 is 0 Å². The second kappa shape index (κ2) is 8.08. The summed E-state index contributed by atoms with van der Waals surface area (Å²) in [5.41, 5.74) is 0. The predicted octanol–water partition coefficient (Wildman–Crippen LogP) is 3.03. The van der Waals surface area contributed by atoms with Crippen LogP contribution in [0.2, 0.25) is 0 Å². The van der Waals surface area contributed by atoms with E-state index in [9.17, 15) is 0 Å². The molecule has 1 fully saturated rings. The van der Waals surface area contributed by atoms with Crippen molar-refractivity contribution in [3.05, 3.63) is 0 Å². The normalized spacial score (nSPS) is 26.4. The minimum atomic E-state index is 0.832. The van der Waals surface area contributed by atoms with E-state index in [4.69, 9.17) is 0 Å². The van der Waals surface area contributed by atoms with Gasteiger partial charge in [0.1, 0.15) is 0 Å². The highest BCUT2D eigenvalue weighted by Gasteiger charge is 2.28. The molecule has 0 aromatic heterocycles. The standard InChI is InChI=1S/C14H30N2/c1-4-14-10-9-13(3)16(14)12-8-6-7-11-15-5-2/h13-15H,4-12H2,1-3H3. The Labute approximate surface area is 102 Å². The van der Waals surface area contributed by atoms with Gasteiger partial charge in [0.2, 0.25) is 0 Å². The third-order valence-corrected chi connectivity index (χ3v) is 3.94. The molecule has 0 aliphatic carbocycles. The van der Waals surface area contributed by atoms with Crippen LogP contribution >= 0.6 is 0 Å². The van der Waals surface area contributed by atoms with E-state index in [1.807, 2.05) is 0 Å². The van der Waals surface area contributed by atoms with Crippen molar-refractivity contribution in [3.63, 3.8) is 0 Å². The van der Waals surface area contributed by atoms with Crippen LogP contribution < -0.4 is 5.32 Å². The lowest BCUT2D eigenvalue weighted by Crippen LogP contribution is -2.35. The van der Waals surface area contributed by atoms with Crippen LogP contribution in [0.5, 0.6) is 0 Å². The molecule has 1 N–H and O–H groups in total. The molecule has 1 aliphatic heterocycles. The van der Waals surface area contributed by atoms with Crippen molar-refractivity contribution >= 4 is 0 Å². The molecule has 0 bridgehead atoms. The number of likely N-dealkylation sites (tertiary alicyclic amines) is 1. The van der Waals surface area contributed by atoms with Crippen LogP contribution in [0.25, 0.3) is 0 Å². The second-order valence-electron chi connectivity index (χ2n) is 5.14. The third-order valence-electron chi connectivity index (χ3n) is 3.94. The highest BCUT2D eigenvalue weighted by Crippen LogP contribution is 2.26. The minimum absolute atomic E-state index is 0.832. The van der Waals surface area contributed by atoms with Gasteiger partial charge in [-0.15, -0.1) is 0 Å². The Balaban J connectivity index is 2.06. The average molecular weight is 226 g/mol. The zero-order valence-electron chi connectivity index (χ0n) is 11.5. The van der Waals surface area contributed by atoms with Crippen LogP contribution in [0.3, 0.4) is 0 Å². The predicted molar refractivity (Wildman–Crippen MR) is 71.9 cm³/mol. The number of nitrogens with zero attached hydrogens (tertiary/aromatic N) is 1. The van der Waals surface area contributed by atoms with Crippen molar-refractivity contribution in [2.24, 2.45) is 0 Å². The molecule has 2 unspecified atom stereocenters. The lowest BCUT2D eigenvalue weighted by molar-refractivity contribution is 0.194. The van der Waals surface area contributed by atoms with Gasteiger partial charge in [-0.2, -0.15) is 0 Å². The second-order valence-corrected chi connectivity index (χ2v) is 5.14. The first-order valence-corrected chi connectivity index (χ1v) is 7.26. The molecular weight excluding hydrogens is 196 g/mol. The summed E-state index contributed by atoms with van der Waals surface area (Å²) >= 11 is 0. The summed E-state index contributed by atoms with van der Waals surface area (Å²) in [6.45, 7) is 10.5. The van der Waals surface area contributed by atoms with Gasteiger partial charge in [-0.1, -0.05) is 20.3 Å². The minimum Gasteiger partial charge on any atom is -0.317 e. The van der Waals surface area contributed by atoms with Crippen LogP contribution in [-0.2, 0) is 0 Å². The van der Waals surface area contributed by atoms with Gasteiger partial charge in [0, 0.05) is 12.1 Å². The molecule has 0 amide bonds. The van der Waals surface area contributed by atoms with Crippen LogP contribution in [0.15, 0.2) is 0 Å². The van der Waals surface area contributed by atoms with E-state index in [-0.39, 0.29) is 0 Å². The lowest BCUT2D eigenvalue weighted by Gasteiger charge is -2.27. The van der Waals surface area contributed by atoms with Gasteiger partial charge in [-0.25, -0.2) is 0 Å². The van der Waals surface area contributed by atoms with Gasteiger partial charge in [-0.05, 0) is 58.7 Å². The Morgan fingerprint density at radius 2 is 1.94 bits per heavy atom. The van der Waals surface area contributed by atoms with Crippen molar-refractivity contribution in [3.8, 4) is 0 Å². The molecule has 0 spiro atoms. The van der Waals surface area contributed by atoms with E-state index in [2.05, 4.69) is 31.0 Å². The largest absolute Gasteiger partial charge is 0.317 e. The van der Waals surface area contributed by atoms with Crippen molar-refractivity contribution in [1.29, 1.82) is 0 Å². The SMILES string of the molecule is CCNCCCCCN1C(C)CCC1CC. The Bertz CT molecular complexity index is 170. The van der Waals surface area contributed by atoms with E-state index in [0.29, 0.717) is 0 Å². The maximum absolute atomic E-state index is 3.39. The molecule has 16 heavy (non-hydrogen) atoms. The first-order valence-electron chi connectivity index (χ1n) is 7.26. The first kappa shape index (κ1) is 14.0. The zero-order chi connectivity index (χ0) is 11.8. The molecule has 0 aromatic rings. The van der Waals surface area contributed by atoms with Gasteiger partial charge >= 0.3 is 0 Å². The van der Waals surface area contributed by atoms with Gasteiger partial charge in [-0.3, -0.25) is 4.90 Å². The molecule has 1 aliphatic rings. The number of hydrogen-bond acceptors (Lipinski definition) is 2. The average Bonchev–Trinajstić information content (AvgIpc) is 2.65. The number of unbranched alkanes of at least 4 members (excludes halogenated alkanes) is 2. The van der Waals surface area contributed by atoms with Crippen molar-refractivity contribution in [2.75, 3.05) is 19.6 Å². The summed E-state index contributed by atoms with van der Waals surface area (Å²) in [5.74, 6) is 0. The third kappa shape index (κ3) is 4.42. The van der Waals surface area contributed by atoms with Crippen molar-refractivity contribution < 1.29 is 0 Å². The smallest absolute Gasteiger partial charge is 0.00960 e. The summed E-state index contributed by atoms with van der Waals surface area (Å²) in [6.07, 6.45) is 8.28. The number of rotatable bonds is 8. The molecule has 0 saturated carbocycles. The van der Waals surface area contributed by atoms with Gasteiger partial charge < -0.3 is 5.32 Å². The van der Waals surface area contributed by atoms with Gasteiger partial charge in [0.05, 0.1) is 0 Å². The summed E-state index contributed by atoms with van der Waals surface area (Å²) in [5, 5.41) is 3.39. The van der Waals surface area contributed by atoms with Gasteiger partial charge in [0.15, 0.2) is 0 Å². The van der Waals surface area contributed by atoms with Crippen molar-refractivity contribution in [2.45, 2.75) is 71.4 Å².